The summed E-state index contributed by atoms with van der Waals surface area (Å²) in [7, 11) is 0. The van der Waals surface area contributed by atoms with E-state index in [2.05, 4.69) is 4.72 Å². The molecule has 10 heavy (non-hydrogen) atoms. The lowest BCUT2D eigenvalue weighted by molar-refractivity contribution is 0.588. The van der Waals surface area contributed by atoms with Gasteiger partial charge < -0.3 is 4.55 Å². The van der Waals surface area contributed by atoms with E-state index in [1.165, 1.54) is 0 Å². The zero-order valence-corrected chi connectivity index (χ0v) is 6.15. The molecule has 2 nitrogen and oxygen atoms in total. The SMILES string of the molecule is [O-][S@@+]1NCc2ccccc21. The predicted octanol–water partition coefficient (Wildman–Crippen LogP) is 0.812. The second kappa shape index (κ2) is 2.27. The molecule has 1 aliphatic heterocycles. The van der Waals surface area contributed by atoms with Gasteiger partial charge in [-0.1, -0.05) is 18.2 Å². The van der Waals surface area contributed by atoms with Gasteiger partial charge in [-0.05, 0) is 6.07 Å². The van der Waals surface area contributed by atoms with Crippen LogP contribution in [0.25, 0.3) is 0 Å². The van der Waals surface area contributed by atoms with Gasteiger partial charge in [-0.2, -0.15) is 0 Å². The number of nitrogens with one attached hydrogen (secondary N) is 1. The Balaban J connectivity index is 2.51. The van der Waals surface area contributed by atoms with Crippen molar-refractivity contribution < 1.29 is 4.55 Å². The fourth-order valence-corrected chi connectivity index (χ4v) is 2.07. The Hall–Kier alpha value is -0.510. The van der Waals surface area contributed by atoms with Crippen molar-refractivity contribution in [3.8, 4) is 0 Å². The van der Waals surface area contributed by atoms with Gasteiger partial charge in [-0.3, -0.25) is 0 Å². The number of hydrogen-bond donors (Lipinski definition) is 1. The highest BCUT2D eigenvalue weighted by Gasteiger charge is 2.22. The molecule has 1 atom stereocenters. The van der Waals surface area contributed by atoms with Crippen molar-refractivity contribution in [2.45, 2.75) is 11.4 Å². The summed E-state index contributed by atoms with van der Waals surface area (Å²) in [5.74, 6) is 0. The molecule has 1 aliphatic rings. The van der Waals surface area contributed by atoms with E-state index >= 15 is 0 Å². The van der Waals surface area contributed by atoms with Crippen LogP contribution < -0.4 is 4.72 Å². The van der Waals surface area contributed by atoms with Crippen LogP contribution >= 0.6 is 0 Å². The summed E-state index contributed by atoms with van der Waals surface area (Å²) < 4.78 is 13.9. The average molecular weight is 153 g/mol. The maximum absolute atomic E-state index is 11.1. The van der Waals surface area contributed by atoms with Gasteiger partial charge in [0, 0.05) is 5.56 Å². The van der Waals surface area contributed by atoms with E-state index in [1.807, 2.05) is 24.3 Å². The van der Waals surface area contributed by atoms with E-state index in [0.29, 0.717) is 0 Å². The fourth-order valence-electron chi connectivity index (χ4n) is 1.05. The van der Waals surface area contributed by atoms with E-state index < -0.39 is 11.4 Å². The number of benzene rings is 1. The molecule has 0 amide bonds. The predicted molar refractivity (Wildman–Crippen MR) is 39.7 cm³/mol. The molecule has 1 N–H and O–H groups in total. The van der Waals surface area contributed by atoms with Gasteiger partial charge in [0.05, 0.1) is 17.9 Å². The van der Waals surface area contributed by atoms with Crippen molar-refractivity contribution in [2.75, 3.05) is 0 Å². The van der Waals surface area contributed by atoms with E-state index in [9.17, 15) is 4.55 Å². The summed E-state index contributed by atoms with van der Waals surface area (Å²) in [6.07, 6.45) is 0. The summed E-state index contributed by atoms with van der Waals surface area (Å²) in [6.45, 7) is 0.739. The van der Waals surface area contributed by atoms with Crippen molar-refractivity contribution in [3.63, 3.8) is 0 Å². The molecule has 1 heterocycles. The van der Waals surface area contributed by atoms with Gasteiger partial charge in [0.1, 0.15) is 0 Å². The molecular weight excluding hydrogens is 146 g/mol. The Kier molecular flexibility index (Phi) is 1.41. The minimum atomic E-state index is -0.948. The number of hydrogen-bond acceptors (Lipinski definition) is 2. The summed E-state index contributed by atoms with van der Waals surface area (Å²) in [4.78, 5) is 0.933. The molecule has 0 bridgehead atoms. The third kappa shape index (κ3) is 0.831. The Morgan fingerprint density at radius 1 is 1.40 bits per heavy atom. The van der Waals surface area contributed by atoms with Gasteiger partial charge in [-0.25, -0.2) is 0 Å². The van der Waals surface area contributed by atoms with Gasteiger partial charge in [-0.15, -0.1) is 4.72 Å². The van der Waals surface area contributed by atoms with Crippen molar-refractivity contribution in [2.24, 2.45) is 0 Å². The molecule has 0 radical (unpaired) electrons. The van der Waals surface area contributed by atoms with Crippen molar-refractivity contribution in [3.05, 3.63) is 29.8 Å². The fraction of sp³-hybridized carbons (Fsp3) is 0.143. The molecule has 2 rings (SSSR count). The minimum absolute atomic E-state index is 0.739. The molecule has 0 saturated heterocycles. The van der Waals surface area contributed by atoms with Crippen LogP contribution in [0, 0.1) is 0 Å². The first kappa shape index (κ1) is 6.22. The Bertz CT molecular complexity index is 251. The Morgan fingerprint density at radius 3 is 3.00 bits per heavy atom. The first-order valence-corrected chi connectivity index (χ1v) is 4.26. The van der Waals surface area contributed by atoms with E-state index in [1.54, 1.807) is 0 Å². The van der Waals surface area contributed by atoms with Gasteiger partial charge in [0.15, 0.2) is 4.90 Å². The zero-order chi connectivity index (χ0) is 6.97. The monoisotopic (exact) mass is 153 g/mol. The van der Waals surface area contributed by atoms with Crippen LogP contribution in [0.3, 0.4) is 0 Å². The van der Waals surface area contributed by atoms with Crippen LogP contribution in [0.1, 0.15) is 5.56 Å². The molecule has 0 fully saturated rings. The molecule has 0 unspecified atom stereocenters. The summed E-state index contributed by atoms with van der Waals surface area (Å²) in [6, 6.07) is 7.76. The quantitative estimate of drug-likeness (QED) is 0.560. The maximum Gasteiger partial charge on any atom is 0.178 e. The standard InChI is InChI=1S/C7H7NOS/c9-10-7-4-2-1-3-6(7)5-8-10/h1-4,8H,5H2/t10-/m1/s1. The Morgan fingerprint density at radius 2 is 2.20 bits per heavy atom. The van der Waals surface area contributed by atoms with Crippen LogP contribution in [-0.4, -0.2) is 4.55 Å². The largest absolute Gasteiger partial charge is 0.593 e. The van der Waals surface area contributed by atoms with Gasteiger partial charge >= 0.3 is 0 Å². The van der Waals surface area contributed by atoms with E-state index in [0.717, 1.165) is 17.0 Å². The highest BCUT2D eigenvalue weighted by molar-refractivity contribution is 7.89. The van der Waals surface area contributed by atoms with Crippen molar-refractivity contribution in [1.82, 2.24) is 4.72 Å². The average Bonchev–Trinajstić information content (AvgIpc) is 2.34. The number of rotatable bonds is 0. The normalized spacial score (nSPS) is 22.7. The first-order valence-electron chi connectivity index (χ1n) is 3.11. The summed E-state index contributed by atoms with van der Waals surface area (Å²) >= 11 is -0.948. The molecule has 1 aromatic carbocycles. The van der Waals surface area contributed by atoms with Crippen LogP contribution in [0.5, 0.6) is 0 Å². The second-order valence-electron chi connectivity index (χ2n) is 2.20. The third-order valence-corrected chi connectivity index (χ3v) is 2.77. The van der Waals surface area contributed by atoms with Crippen LogP contribution in [0.15, 0.2) is 29.2 Å². The molecule has 0 saturated carbocycles. The lowest BCUT2D eigenvalue weighted by Crippen LogP contribution is -2.13. The Labute approximate surface area is 62.6 Å². The lowest BCUT2D eigenvalue weighted by Gasteiger charge is -1.99. The van der Waals surface area contributed by atoms with E-state index in [4.69, 9.17) is 0 Å². The topological polar surface area (TPSA) is 35.1 Å². The smallest absolute Gasteiger partial charge is 0.178 e. The van der Waals surface area contributed by atoms with Crippen LogP contribution in [0.2, 0.25) is 0 Å². The lowest BCUT2D eigenvalue weighted by atomic mass is 10.2. The molecule has 0 aliphatic carbocycles. The van der Waals surface area contributed by atoms with Crippen molar-refractivity contribution in [1.29, 1.82) is 0 Å². The summed E-state index contributed by atoms with van der Waals surface area (Å²) in [5.41, 5.74) is 1.15. The van der Waals surface area contributed by atoms with Crippen LogP contribution in [0.4, 0.5) is 0 Å². The molecule has 1 aromatic rings. The molecule has 52 valence electrons. The molecule has 0 aromatic heterocycles. The minimum Gasteiger partial charge on any atom is -0.593 e. The summed E-state index contributed by atoms with van der Waals surface area (Å²) in [5, 5.41) is 0. The molecular formula is C7H7NOS. The van der Waals surface area contributed by atoms with Crippen molar-refractivity contribution >= 4 is 11.4 Å². The highest BCUT2D eigenvalue weighted by Crippen LogP contribution is 2.20. The van der Waals surface area contributed by atoms with Gasteiger partial charge in [0.2, 0.25) is 0 Å². The van der Waals surface area contributed by atoms with Crippen LogP contribution in [-0.2, 0) is 17.9 Å². The van der Waals surface area contributed by atoms with Gasteiger partial charge in [0.25, 0.3) is 0 Å². The maximum atomic E-state index is 11.1. The first-order chi connectivity index (χ1) is 4.88. The number of fused-ring (bicyclic) bond motifs is 1. The second-order valence-corrected chi connectivity index (χ2v) is 3.46. The highest BCUT2D eigenvalue weighted by atomic mass is 32.2. The molecule has 3 heteroatoms. The zero-order valence-electron chi connectivity index (χ0n) is 5.33. The third-order valence-electron chi connectivity index (χ3n) is 1.57. The van der Waals surface area contributed by atoms with E-state index in [-0.39, 0.29) is 0 Å². The molecule has 0 spiro atoms.